The first kappa shape index (κ1) is 16.0. The van der Waals surface area contributed by atoms with Gasteiger partial charge in [-0.05, 0) is 37.6 Å². The monoisotopic (exact) mass is 347 g/mol. The number of pyridine rings is 1. The van der Waals surface area contributed by atoms with E-state index in [4.69, 9.17) is 4.42 Å². The number of hydrogen-bond donors (Lipinski definition) is 1. The molecule has 0 radical (unpaired) electrons. The van der Waals surface area contributed by atoms with Gasteiger partial charge in [-0.15, -0.1) is 10.2 Å². The minimum Gasteiger partial charge on any atom is -0.419 e. The van der Waals surface area contributed by atoms with Gasteiger partial charge in [0.05, 0.1) is 12.2 Å². The highest BCUT2D eigenvalue weighted by Gasteiger charge is 2.17. The number of aryl methyl sites for hydroxylation is 2. The molecule has 26 heavy (non-hydrogen) atoms. The molecule has 1 amide bonds. The minimum absolute atomic E-state index is 0.150. The maximum absolute atomic E-state index is 12.6. The number of benzene rings is 1. The van der Waals surface area contributed by atoms with Crippen molar-refractivity contribution in [2.75, 3.05) is 0 Å². The molecule has 4 rings (SSSR count). The number of amides is 1. The Morgan fingerprint density at radius 3 is 2.73 bits per heavy atom. The lowest BCUT2D eigenvalue weighted by molar-refractivity contribution is 0.0941. The number of hydrogen-bond acceptors (Lipinski definition) is 5. The van der Waals surface area contributed by atoms with Crippen molar-refractivity contribution >= 4 is 11.6 Å². The van der Waals surface area contributed by atoms with Gasteiger partial charge >= 0.3 is 0 Å². The zero-order valence-corrected chi connectivity index (χ0v) is 14.4. The van der Waals surface area contributed by atoms with Crippen LogP contribution in [0, 0.1) is 13.8 Å². The molecule has 7 nitrogen and oxygen atoms in total. The molecule has 0 aliphatic carbocycles. The predicted molar refractivity (Wildman–Crippen MR) is 95.6 cm³/mol. The second kappa shape index (κ2) is 6.44. The van der Waals surface area contributed by atoms with E-state index in [1.54, 1.807) is 4.40 Å². The van der Waals surface area contributed by atoms with E-state index < -0.39 is 0 Å². The molecule has 3 aromatic heterocycles. The number of aromatic nitrogens is 4. The third-order valence-corrected chi connectivity index (χ3v) is 4.04. The van der Waals surface area contributed by atoms with Gasteiger partial charge in [-0.3, -0.25) is 9.20 Å². The van der Waals surface area contributed by atoms with E-state index in [2.05, 4.69) is 20.5 Å². The molecule has 0 aliphatic heterocycles. The van der Waals surface area contributed by atoms with Gasteiger partial charge in [0.1, 0.15) is 11.3 Å². The number of fused-ring (bicyclic) bond motifs is 1. The Hall–Kier alpha value is -3.48. The van der Waals surface area contributed by atoms with Crippen LogP contribution < -0.4 is 5.32 Å². The summed E-state index contributed by atoms with van der Waals surface area (Å²) in [5.41, 5.74) is 3.80. The van der Waals surface area contributed by atoms with E-state index >= 15 is 0 Å². The van der Waals surface area contributed by atoms with E-state index in [-0.39, 0.29) is 12.5 Å². The summed E-state index contributed by atoms with van der Waals surface area (Å²) in [5.74, 6) is 0.538. The standard InChI is InChI=1S/C19H17N5O2/c1-12-8-9-15-21-13(2)17(24(15)11-12)18(25)20-10-16-22-23-19(26-16)14-6-4-3-5-7-14/h3-9,11H,10H2,1-2H3,(H,20,25). The molecule has 1 aromatic carbocycles. The molecule has 0 fully saturated rings. The molecule has 0 aliphatic rings. The van der Waals surface area contributed by atoms with E-state index in [1.165, 1.54) is 0 Å². The molecule has 1 N–H and O–H groups in total. The molecular formula is C19H17N5O2. The minimum atomic E-state index is -0.236. The molecule has 0 saturated heterocycles. The molecule has 0 atom stereocenters. The van der Waals surface area contributed by atoms with Gasteiger partial charge in [-0.2, -0.15) is 0 Å². The van der Waals surface area contributed by atoms with Crippen LogP contribution in [0.5, 0.6) is 0 Å². The third kappa shape index (κ3) is 2.95. The van der Waals surface area contributed by atoms with Crippen LogP contribution in [0.15, 0.2) is 53.1 Å². The summed E-state index contributed by atoms with van der Waals surface area (Å²) < 4.78 is 7.41. The van der Waals surface area contributed by atoms with Crippen LogP contribution >= 0.6 is 0 Å². The molecule has 0 unspecified atom stereocenters. The molecule has 3 heterocycles. The lowest BCUT2D eigenvalue weighted by atomic mass is 10.2. The molecule has 130 valence electrons. The number of nitrogens with one attached hydrogen (secondary N) is 1. The fourth-order valence-corrected chi connectivity index (χ4v) is 2.80. The van der Waals surface area contributed by atoms with Crippen molar-refractivity contribution < 1.29 is 9.21 Å². The van der Waals surface area contributed by atoms with Gasteiger partial charge in [0.15, 0.2) is 0 Å². The van der Waals surface area contributed by atoms with E-state index in [1.807, 2.05) is 62.5 Å². The Morgan fingerprint density at radius 2 is 1.92 bits per heavy atom. The van der Waals surface area contributed by atoms with Crippen LogP contribution in [0.3, 0.4) is 0 Å². The van der Waals surface area contributed by atoms with Crippen LogP contribution in [0.2, 0.25) is 0 Å². The summed E-state index contributed by atoms with van der Waals surface area (Å²) in [6, 6.07) is 13.4. The summed E-state index contributed by atoms with van der Waals surface area (Å²) in [4.78, 5) is 17.1. The van der Waals surface area contributed by atoms with Gasteiger partial charge in [-0.1, -0.05) is 24.3 Å². The third-order valence-electron chi connectivity index (χ3n) is 4.04. The normalized spacial score (nSPS) is 11.0. The second-order valence-electron chi connectivity index (χ2n) is 6.03. The van der Waals surface area contributed by atoms with E-state index in [9.17, 15) is 4.79 Å². The smallest absolute Gasteiger partial charge is 0.270 e. The van der Waals surface area contributed by atoms with Crippen LogP contribution in [0.25, 0.3) is 17.1 Å². The van der Waals surface area contributed by atoms with Crippen LogP contribution in [-0.4, -0.2) is 25.5 Å². The first-order chi connectivity index (χ1) is 12.6. The Balaban J connectivity index is 1.52. The van der Waals surface area contributed by atoms with Crippen LogP contribution in [-0.2, 0) is 6.54 Å². The summed E-state index contributed by atoms with van der Waals surface area (Å²) in [6.07, 6.45) is 1.89. The number of carbonyl (C=O) groups excluding carboxylic acids is 1. The van der Waals surface area contributed by atoms with Gasteiger partial charge in [0.25, 0.3) is 5.91 Å². The highest BCUT2D eigenvalue weighted by Crippen LogP contribution is 2.17. The van der Waals surface area contributed by atoms with Crippen molar-refractivity contribution in [1.82, 2.24) is 24.9 Å². The SMILES string of the molecule is Cc1ccc2nc(C)c(C(=O)NCc3nnc(-c4ccccc4)o3)n2c1. The van der Waals surface area contributed by atoms with Gasteiger partial charge < -0.3 is 9.73 Å². The van der Waals surface area contributed by atoms with Crippen molar-refractivity contribution in [3.63, 3.8) is 0 Å². The molecule has 0 bridgehead atoms. The zero-order valence-electron chi connectivity index (χ0n) is 14.4. The summed E-state index contributed by atoms with van der Waals surface area (Å²) in [5, 5.41) is 10.8. The molecule has 4 aromatic rings. The topological polar surface area (TPSA) is 85.3 Å². The number of imidazole rings is 1. The largest absolute Gasteiger partial charge is 0.419 e. The van der Waals surface area contributed by atoms with Crippen LogP contribution in [0.4, 0.5) is 0 Å². The van der Waals surface area contributed by atoms with Gasteiger partial charge in [0.2, 0.25) is 11.8 Å². The van der Waals surface area contributed by atoms with Crippen molar-refractivity contribution in [1.29, 1.82) is 0 Å². The Labute approximate surface area is 149 Å². The summed E-state index contributed by atoms with van der Waals surface area (Å²) in [7, 11) is 0. The maximum Gasteiger partial charge on any atom is 0.270 e. The first-order valence-electron chi connectivity index (χ1n) is 8.23. The van der Waals surface area contributed by atoms with Crippen molar-refractivity contribution in [3.05, 3.63) is 71.5 Å². The Kier molecular flexibility index (Phi) is 3.96. The Morgan fingerprint density at radius 1 is 1.12 bits per heavy atom. The molecule has 7 heteroatoms. The number of rotatable bonds is 4. The fourth-order valence-electron chi connectivity index (χ4n) is 2.80. The van der Waals surface area contributed by atoms with Crippen molar-refractivity contribution in [2.45, 2.75) is 20.4 Å². The number of nitrogens with zero attached hydrogens (tertiary/aromatic N) is 4. The average Bonchev–Trinajstić information content (AvgIpc) is 3.24. The summed E-state index contributed by atoms with van der Waals surface area (Å²) >= 11 is 0. The highest BCUT2D eigenvalue weighted by atomic mass is 16.4. The van der Waals surface area contributed by atoms with Crippen LogP contribution in [0.1, 0.15) is 27.6 Å². The second-order valence-corrected chi connectivity index (χ2v) is 6.03. The van der Waals surface area contributed by atoms with E-state index in [0.717, 1.165) is 16.8 Å². The van der Waals surface area contributed by atoms with Gasteiger partial charge in [0, 0.05) is 11.8 Å². The molecular weight excluding hydrogens is 330 g/mol. The fraction of sp³-hybridized carbons (Fsp3) is 0.158. The Bertz CT molecular complexity index is 1080. The zero-order chi connectivity index (χ0) is 18.1. The lowest BCUT2D eigenvalue weighted by Crippen LogP contribution is -2.25. The van der Waals surface area contributed by atoms with Crippen molar-refractivity contribution in [2.24, 2.45) is 0 Å². The van der Waals surface area contributed by atoms with Gasteiger partial charge in [-0.25, -0.2) is 4.98 Å². The summed E-state index contributed by atoms with van der Waals surface area (Å²) in [6.45, 7) is 3.94. The number of carbonyl (C=O) groups is 1. The average molecular weight is 347 g/mol. The quantitative estimate of drug-likeness (QED) is 0.613. The van der Waals surface area contributed by atoms with Crippen molar-refractivity contribution in [3.8, 4) is 11.5 Å². The predicted octanol–water partition coefficient (Wildman–Crippen LogP) is 2.93. The first-order valence-corrected chi connectivity index (χ1v) is 8.23. The maximum atomic E-state index is 12.6. The lowest BCUT2D eigenvalue weighted by Gasteiger charge is -2.04. The molecule has 0 saturated carbocycles. The van der Waals surface area contributed by atoms with E-state index in [0.29, 0.717) is 23.2 Å². The molecule has 0 spiro atoms. The highest BCUT2D eigenvalue weighted by molar-refractivity contribution is 5.94.